The van der Waals surface area contributed by atoms with E-state index < -0.39 is 6.86 Å². The van der Waals surface area contributed by atoms with E-state index in [4.69, 9.17) is 4.74 Å². The molecule has 3 aromatic heterocycles. The highest BCUT2D eigenvalue weighted by atomic mass is 19.1. The molecule has 0 amide bonds. The predicted molar refractivity (Wildman–Crippen MR) is 93.9 cm³/mol. The molecule has 4 aromatic rings. The topological polar surface area (TPSA) is 74.8 Å². The summed E-state index contributed by atoms with van der Waals surface area (Å²) in [5.41, 5.74) is 2.66. The van der Waals surface area contributed by atoms with Gasteiger partial charge in [0.2, 0.25) is 6.86 Å². The van der Waals surface area contributed by atoms with E-state index in [1.807, 2.05) is 13.2 Å². The minimum absolute atomic E-state index is 0.262. The van der Waals surface area contributed by atoms with Gasteiger partial charge in [-0.2, -0.15) is 5.10 Å². The maximum Gasteiger partial charge on any atom is 0.283 e. The van der Waals surface area contributed by atoms with Gasteiger partial charge in [0.05, 0.1) is 6.20 Å². The molecule has 7 nitrogen and oxygen atoms in total. The van der Waals surface area contributed by atoms with E-state index in [0.717, 1.165) is 11.1 Å². The summed E-state index contributed by atoms with van der Waals surface area (Å²) in [7, 11) is 1.82. The minimum Gasteiger partial charge on any atom is -0.463 e. The molecule has 0 unspecified atom stereocenters. The SMILES string of the molecule is Cn1cc(-c2cn(-c3ccc(OCF)cc3)c(=O)c3nccnc23)cn1. The average molecular weight is 351 g/mol. The van der Waals surface area contributed by atoms with Crippen LogP contribution in [-0.2, 0) is 7.05 Å². The van der Waals surface area contributed by atoms with Gasteiger partial charge in [-0.25, -0.2) is 9.37 Å². The van der Waals surface area contributed by atoms with Crippen LogP contribution in [0, 0.1) is 0 Å². The molecule has 0 aliphatic heterocycles. The van der Waals surface area contributed by atoms with E-state index in [-0.39, 0.29) is 11.1 Å². The number of aromatic nitrogens is 5. The zero-order valence-electron chi connectivity index (χ0n) is 13.8. The van der Waals surface area contributed by atoms with Crippen LogP contribution in [0.2, 0.25) is 0 Å². The van der Waals surface area contributed by atoms with E-state index in [0.29, 0.717) is 17.0 Å². The third kappa shape index (κ3) is 2.71. The van der Waals surface area contributed by atoms with Gasteiger partial charge in [0.15, 0.2) is 5.52 Å². The molecule has 3 heterocycles. The molecule has 8 heteroatoms. The lowest BCUT2D eigenvalue weighted by Crippen LogP contribution is -2.19. The molecule has 0 radical (unpaired) electrons. The summed E-state index contributed by atoms with van der Waals surface area (Å²) >= 11 is 0. The molecule has 26 heavy (non-hydrogen) atoms. The number of nitrogens with zero attached hydrogens (tertiary/aromatic N) is 5. The van der Waals surface area contributed by atoms with Crippen LogP contribution in [0.3, 0.4) is 0 Å². The van der Waals surface area contributed by atoms with Crippen LogP contribution in [0.15, 0.2) is 60.0 Å². The number of pyridine rings is 1. The lowest BCUT2D eigenvalue weighted by Gasteiger charge is -2.11. The summed E-state index contributed by atoms with van der Waals surface area (Å²) in [6.07, 6.45) is 8.29. The van der Waals surface area contributed by atoms with Gasteiger partial charge in [-0.1, -0.05) is 0 Å². The molecule has 0 aliphatic carbocycles. The van der Waals surface area contributed by atoms with Crippen LogP contribution in [0.5, 0.6) is 5.75 Å². The third-order valence-corrected chi connectivity index (χ3v) is 3.98. The highest BCUT2D eigenvalue weighted by Gasteiger charge is 2.14. The van der Waals surface area contributed by atoms with Crippen molar-refractivity contribution >= 4 is 11.0 Å². The number of hydrogen-bond acceptors (Lipinski definition) is 5. The van der Waals surface area contributed by atoms with Crippen molar-refractivity contribution in [2.24, 2.45) is 7.05 Å². The number of benzene rings is 1. The van der Waals surface area contributed by atoms with Crippen molar-refractivity contribution in [3.63, 3.8) is 0 Å². The van der Waals surface area contributed by atoms with E-state index in [1.165, 1.54) is 10.8 Å². The van der Waals surface area contributed by atoms with Crippen LogP contribution in [0.1, 0.15) is 0 Å². The molecule has 0 saturated carbocycles. The first-order chi connectivity index (χ1) is 12.7. The Hall–Kier alpha value is -3.55. The van der Waals surface area contributed by atoms with Gasteiger partial charge in [0, 0.05) is 48.6 Å². The summed E-state index contributed by atoms with van der Waals surface area (Å²) in [5, 5.41) is 4.19. The normalized spacial score (nSPS) is 11.0. The summed E-state index contributed by atoms with van der Waals surface area (Å²) in [4.78, 5) is 21.4. The Balaban J connectivity index is 1.95. The van der Waals surface area contributed by atoms with Gasteiger partial charge in [-0.05, 0) is 24.3 Å². The fraction of sp³-hybridized carbons (Fsp3) is 0.111. The fourth-order valence-electron chi connectivity index (χ4n) is 2.78. The predicted octanol–water partition coefficient (Wildman–Crippen LogP) is 2.49. The lowest BCUT2D eigenvalue weighted by molar-refractivity contribution is 0.192. The van der Waals surface area contributed by atoms with Crippen molar-refractivity contribution in [1.82, 2.24) is 24.3 Å². The Kier molecular flexibility index (Phi) is 3.92. The lowest BCUT2D eigenvalue weighted by atomic mass is 10.1. The fourth-order valence-corrected chi connectivity index (χ4v) is 2.78. The Morgan fingerprint density at radius 3 is 2.46 bits per heavy atom. The standard InChI is InChI=1S/C18H14FN5O2/c1-23-9-12(8-22-23)15-10-24(13-2-4-14(5-3-13)26-11-19)18(25)17-16(15)20-6-7-21-17/h2-10H,11H2,1H3. The Morgan fingerprint density at radius 1 is 1.08 bits per heavy atom. The Labute approximate surface area is 147 Å². The molecule has 0 bridgehead atoms. The molecular formula is C18H14FN5O2. The quantitative estimate of drug-likeness (QED) is 0.565. The molecule has 0 atom stereocenters. The summed E-state index contributed by atoms with van der Waals surface area (Å²) in [6, 6.07) is 6.57. The number of aryl methyl sites for hydroxylation is 1. The largest absolute Gasteiger partial charge is 0.463 e. The molecule has 0 spiro atoms. The van der Waals surface area contributed by atoms with Crippen LogP contribution in [0.4, 0.5) is 4.39 Å². The van der Waals surface area contributed by atoms with Crippen LogP contribution >= 0.6 is 0 Å². The molecule has 4 rings (SSSR count). The first-order valence-corrected chi connectivity index (χ1v) is 7.82. The second-order valence-electron chi connectivity index (χ2n) is 5.62. The third-order valence-electron chi connectivity index (χ3n) is 3.98. The Bertz CT molecular complexity index is 1130. The second kappa shape index (κ2) is 6.40. The molecule has 0 fully saturated rings. The first kappa shape index (κ1) is 15.9. The van der Waals surface area contributed by atoms with Crippen LogP contribution in [-0.4, -0.2) is 31.2 Å². The average Bonchev–Trinajstić information content (AvgIpc) is 3.10. The van der Waals surface area contributed by atoms with Gasteiger partial charge >= 0.3 is 0 Å². The second-order valence-corrected chi connectivity index (χ2v) is 5.62. The monoisotopic (exact) mass is 351 g/mol. The molecule has 0 N–H and O–H groups in total. The van der Waals surface area contributed by atoms with Gasteiger partial charge in [-0.3, -0.25) is 19.0 Å². The zero-order chi connectivity index (χ0) is 18.1. The number of rotatable bonds is 4. The molecule has 130 valence electrons. The Morgan fingerprint density at radius 2 is 1.81 bits per heavy atom. The zero-order valence-corrected chi connectivity index (χ0v) is 13.8. The van der Waals surface area contributed by atoms with Crippen molar-refractivity contribution < 1.29 is 9.13 Å². The number of halogens is 1. The van der Waals surface area contributed by atoms with Crippen LogP contribution in [0.25, 0.3) is 27.8 Å². The van der Waals surface area contributed by atoms with Crippen molar-refractivity contribution in [2.75, 3.05) is 6.86 Å². The van der Waals surface area contributed by atoms with Gasteiger partial charge in [0.25, 0.3) is 5.56 Å². The van der Waals surface area contributed by atoms with Crippen LogP contribution < -0.4 is 10.3 Å². The van der Waals surface area contributed by atoms with Crippen molar-refractivity contribution in [1.29, 1.82) is 0 Å². The molecule has 0 aliphatic rings. The smallest absolute Gasteiger partial charge is 0.283 e. The van der Waals surface area contributed by atoms with Gasteiger partial charge in [-0.15, -0.1) is 0 Å². The van der Waals surface area contributed by atoms with E-state index in [9.17, 15) is 9.18 Å². The van der Waals surface area contributed by atoms with E-state index in [1.54, 1.807) is 47.5 Å². The number of fused-ring (bicyclic) bond motifs is 1. The molecule has 0 saturated heterocycles. The minimum atomic E-state index is -0.907. The maximum absolute atomic E-state index is 12.9. The van der Waals surface area contributed by atoms with Crippen molar-refractivity contribution in [3.05, 3.63) is 65.6 Å². The molecular weight excluding hydrogens is 337 g/mol. The summed E-state index contributed by atoms with van der Waals surface area (Å²) in [5.74, 6) is 0.386. The maximum atomic E-state index is 12.9. The number of ether oxygens (including phenoxy) is 1. The highest BCUT2D eigenvalue weighted by molar-refractivity contribution is 5.90. The first-order valence-electron chi connectivity index (χ1n) is 7.82. The number of hydrogen-bond donors (Lipinski definition) is 0. The van der Waals surface area contributed by atoms with E-state index in [2.05, 4.69) is 15.1 Å². The van der Waals surface area contributed by atoms with Crippen molar-refractivity contribution in [3.8, 4) is 22.6 Å². The summed E-state index contributed by atoms with van der Waals surface area (Å²) < 4.78 is 20.2. The highest BCUT2D eigenvalue weighted by Crippen LogP contribution is 2.25. The van der Waals surface area contributed by atoms with Gasteiger partial charge < -0.3 is 4.74 Å². The van der Waals surface area contributed by atoms with Crippen molar-refractivity contribution in [2.45, 2.75) is 0 Å². The number of alkyl halides is 1. The summed E-state index contributed by atoms with van der Waals surface area (Å²) in [6.45, 7) is -0.907. The van der Waals surface area contributed by atoms with Gasteiger partial charge in [0.1, 0.15) is 11.3 Å². The molecule has 1 aromatic carbocycles. The van der Waals surface area contributed by atoms with E-state index >= 15 is 0 Å².